The van der Waals surface area contributed by atoms with E-state index in [0.29, 0.717) is 11.3 Å². The van der Waals surface area contributed by atoms with Crippen molar-refractivity contribution in [2.45, 2.75) is 84.2 Å². The highest BCUT2D eigenvalue weighted by Crippen LogP contribution is 2.25. The van der Waals surface area contributed by atoms with Gasteiger partial charge in [-0.2, -0.15) is 0 Å². The van der Waals surface area contributed by atoms with Crippen molar-refractivity contribution < 1.29 is 19.0 Å². The number of benzene rings is 3. The first-order valence-corrected chi connectivity index (χ1v) is 14.5. The highest BCUT2D eigenvalue weighted by molar-refractivity contribution is 5.91. The van der Waals surface area contributed by atoms with Crippen LogP contribution >= 0.6 is 0 Å². The van der Waals surface area contributed by atoms with Crippen molar-refractivity contribution in [1.82, 2.24) is 0 Å². The lowest BCUT2D eigenvalue weighted by molar-refractivity contribution is 0.0734. The van der Waals surface area contributed by atoms with Crippen molar-refractivity contribution in [3.8, 4) is 28.4 Å². The van der Waals surface area contributed by atoms with E-state index >= 15 is 0 Å². The average Bonchev–Trinajstić information content (AvgIpc) is 2.96. The van der Waals surface area contributed by atoms with Crippen LogP contribution in [0.1, 0.15) is 88.4 Å². The summed E-state index contributed by atoms with van der Waals surface area (Å²) in [6.45, 7) is 8.81. The molecule has 4 nitrogen and oxygen atoms in total. The van der Waals surface area contributed by atoms with Crippen molar-refractivity contribution in [2.24, 2.45) is 0 Å². The fourth-order valence-electron chi connectivity index (χ4n) is 4.38. The number of hydrogen-bond acceptors (Lipinski definition) is 4. The summed E-state index contributed by atoms with van der Waals surface area (Å²) in [5, 5.41) is 0. The summed E-state index contributed by atoms with van der Waals surface area (Å²) in [5.74, 6) is 1.78. The molecule has 0 heterocycles. The Morgan fingerprint density at radius 3 is 1.97 bits per heavy atom. The number of ether oxygens (including phenoxy) is 3. The standard InChI is InChI=1S/C35H44O4/c1-4-6-8-10-11-13-27-37-32-21-15-29(16-22-32)30-17-23-34(24-18-30)39-35(36)31-19-25-33(26-20-31)38-28(3)14-12-9-7-5-2/h4,15-26,28H,1,5-14,27H2,2-3H3/t28-/m0/s1. The van der Waals surface area contributed by atoms with Gasteiger partial charge in [0.15, 0.2) is 0 Å². The molecule has 0 aliphatic heterocycles. The Morgan fingerprint density at radius 2 is 1.33 bits per heavy atom. The quantitative estimate of drug-likeness (QED) is 0.0713. The third-order valence-corrected chi connectivity index (χ3v) is 6.72. The van der Waals surface area contributed by atoms with E-state index in [-0.39, 0.29) is 12.1 Å². The van der Waals surface area contributed by atoms with Gasteiger partial charge >= 0.3 is 5.97 Å². The molecule has 0 spiro atoms. The van der Waals surface area contributed by atoms with Gasteiger partial charge in [-0.05, 0) is 98.7 Å². The van der Waals surface area contributed by atoms with E-state index in [1.54, 1.807) is 12.1 Å². The summed E-state index contributed by atoms with van der Waals surface area (Å²) in [4.78, 5) is 12.6. The highest BCUT2D eigenvalue weighted by atomic mass is 16.5. The van der Waals surface area contributed by atoms with E-state index in [0.717, 1.165) is 48.5 Å². The van der Waals surface area contributed by atoms with E-state index in [9.17, 15) is 4.79 Å². The molecule has 0 amide bonds. The minimum absolute atomic E-state index is 0.157. The molecule has 0 N–H and O–H groups in total. The number of carbonyl (C=O) groups is 1. The monoisotopic (exact) mass is 528 g/mol. The second-order valence-corrected chi connectivity index (χ2v) is 10.1. The minimum Gasteiger partial charge on any atom is -0.494 e. The fourth-order valence-corrected chi connectivity index (χ4v) is 4.38. The molecule has 0 bridgehead atoms. The van der Waals surface area contributed by atoms with Gasteiger partial charge in [-0.25, -0.2) is 4.79 Å². The maximum atomic E-state index is 12.6. The molecule has 0 aromatic heterocycles. The number of esters is 1. The lowest BCUT2D eigenvalue weighted by Gasteiger charge is -2.14. The van der Waals surface area contributed by atoms with Crippen molar-refractivity contribution in [1.29, 1.82) is 0 Å². The van der Waals surface area contributed by atoms with Crippen LogP contribution < -0.4 is 14.2 Å². The molecular formula is C35H44O4. The molecule has 0 unspecified atom stereocenters. The number of rotatable bonds is 18. The molecule has 4 heteroatoms. The zero-order valence-electron chi connectivity index (χ0n) is 23.7. The van der Waals surface area contributed by atoms with Crippen molar-refractivity contribution >= 4 is 5.97 Å². The first kappa shape index (κ1) is 30.0. The van der Waals surface area contributed by atoms with Gasteiger partial charge in [0.2, 0.25) is 0 Å². The van der Waals surface area contributed by atoms with Crippen LogP contribution in [0.4, 0.5) is 0 Å². The van der Waals surface area contributed by atoms with Gasteiger partial charge in [0.1, 0.15) is 17.2 Å². The predicted octanol–water partition coefficient (Wildman–Crippen LogP) is 9.83. The lowest BCUT2D eigenvalue weighted by Crippen LogP contribution is -2.12. The van der Waals surface area contributed by atoms with E-state index in [1.807, 2.05) is 54.6 Å². The predicted molar refractivity (Wildman–Crippen MR) is 161 cm³/mol. The molecule has 0 saturated carbocycles. The number of carbonyl (C=O) groups excluding carboxylic acids is 1. The van der Waals surface area contributed by atoms with Crippen LogP contribution in [-0.4, -0.2) is 18.7 Å². The van der Waals surface area contributed by atoms with Crippen LogP contribution in [0, 0.1) is 0 Å². The van der Waals surface area contributed by atoms with Crippen molar-refractivity contribution in [2.75, 3.05) is 6.61 Å². The highest BCUT2D eigenvalue weighted by Gasteiger charge is 2.11. The maximum absolute atomic E-state index is 12.6. The van der Waals surface area contributed by atoms with E-state index < -0.39 is 0 Å². The van der Waals surface area contributed by atoms with E-state index in [4.69, 9.17) is 14.2 Å². The van der Waals surface area contributed by atoms with E-state index in [2.05, 4.69) is 32.6 Å². The Labute approximate surface area is 235 Å². The summed E-state index contributed by atoms with van der Waals surface area (Å²) >= 11 is 0. The average molecular weight is 529 g/mol. The number of allylic oxidation sites excluding steroid dienone is 1. The molecule has 3 rings (SSSR count). The Hall–Kier alpha value is -3.53. The summed E-state index contributed by atoms with van der Waals surface area (Å²) in [6, 6.07) is 22.8. The molecule has 39 heavy (non-hydrogen) atoms. The Bertz CT molecular complexity index is 1100. The van der Waals surface area contributed by atoms with E-state index in [1.165, 1.54) is 44.9 Å². The van der Waals surface area contributed by atoms with Crippen molar-refractivity contribution in [3.63, 3.8) is 0 Å². The maximum Gasteiger partial charge on any atom is 0.343 e. The second-order valence-electron chi connectivity index (χ2n) is 10.1. The Morgan fingerprint density at radius 1 is 0.744 bits per heavy atom. The van der Waals surface area contributed by atoms with Gasteiger partial charge < -0.3 is 14.2 Å². The van der Waals surface area contributed by atoms with Gasteiger partial charge in [-0.15, -0.1) is 6.58 Å². The third kappa shape index (κ3) is 11.0. The SMILES string of the molecule is C=CCCCCCCOc1ccc(-c2ccc(OC(=O)c3ccc(O[C@@H](C)CCCCCC)cc3)cc2)cc1. The number of unbranched alkanes of at least 4 members (excludes halogenated alkanes) is 7. The van der Waals surface area contributed by atoms with Crippen LogP contribution in [0.5, 0.6) is 17.2 Å². The molecule has 0 aliphatic rings. The third-order valence-electron chi connectivity index (χ3n) is 6.72. The Balaban J connectivity index is 1.43. The van der Waals surface area contributed by atoms with Gasteiger partial charge in [0.05, 0.1) is 18.3 Å². The zero-order valence-corrected chi connectivity index (χ0v) is 23.7. The minimum atomic E-state index is -0.385. The largest absolute Gasteiger partial charge is 0.494 e. The van der Waals surface area contributed by atoms with Gasteiger partial charge in [-0.3, -0.25) is 0 Å². The van der Waals surface area contributed by atoms with Crippen molar-refractivity contribution in [3.05, 3.63) is 91.0 Å². The molecule has 3 aromatic carbocycles. The van der Waals surface area contributed by atoms with Crippen LogP contribution in [0.25, 0.3) is 11.1 Å². The summed E-state index contributed by atoms with van der Waals surface area (Å²) in [5.41, 5.74) is 2.63. The zero-order chi connectivity index (χ0) is 27.7. The van der Waals surface area contributed by atoms with Gasteiger partial charge in [0.25, 0.3) is 0 Å². The Kier molecular flexibility index (Phi) is 13.2. The van der Waals surface area contributed by atoms with Gasteiger partial charge in [0, 0.05) is 0 Å². The molecule has 0 aliphatic carbocycles. The molecule has 0 saturated heterocycles. The molecule has 208 valence electrons. The topological polar surface area (TPSA) is 44.8 Å². The van der Waals surface area contributed by atoms with Gasteiger partial charge in [-0.1, -0.05) is 69.4 Å². The smallest absolute Gasteiger partial charge is 0.343 e. The van der Waals surface area contributed by atoms with Crippen LogP contribution in [0.3, 0.4) is 0 Å². The normalized spacial score (nSPS) is 11.5. The lowest BCUT2D eigenvalue weighted by atomic mass is 10.1. The molecule has 0 fully saturated rings. The fraction of sp³-hybridized carbons (Fsp3) is 0.400. The van der Waals surface area contributed by atoms with Crippen LogP contribution in [0.2, 0.25) is 0 Å². The second kappa shape index (κ2) is 17.1. The summed E-state index contributed by atoms with van der Waals surface area (Å²) in [7, 11) is 0. The summed E-state index contributed by atoms with van der Waals surface area (Å²) in [6.07, 6.45) is 13.9. The van der Waals surface area contributed by atoms with Crippen LogP contribution in [0.15, 0.2) is 85.5 Å². The summed E-state index contributed by atoms with van der Waals surface area (Å²) < 4.78 is 17.4. The van der Waals surface area contributed by atoms with Crippen LogP contribution in [-0.2, 0) is 0 Å². The molecule has 1 atom stereocenters. The first-order chi connectivity index (χ1) is 19.1. The molecule has 3 aromatic rings. The first-order valence-electron chi connectivity index (χ1n) is 14.5. The number of hydrogen-bond donors (Lipinski definition) is 0. The molecule has 0 radical (unpaired) electrons. The molecular weight excluding hydrogens is 484 g/mol.